The number of fused-ring (bicyclic) bond motifs is 2. The second-order valence-electron chi connectivity index (χ2n) is 7.10. The van der Waals surface area contributed by atoms with Gasteiger partial charge in [-0.25, -0.2) is 4.79 Å². The van der Waals surface area contributed by atoms with E-state index in [1.165, 1.54) is 37.3 Å². The maximum absolute atomic E-state index is 12.8. The van der Waals surface area contributed by atoms with Crippen molar-refractivity contribution in [2.75, 3.05) is 5.32 Å². The third-order valence-electron chi connectivity index (χ3n) is 5.02. The molecule has 160 valence electrons. The summed E-state index contributed by atoms with van der Waals surface area (Å²) in [7, 11) is 0. The number of nitrogens with one attached hydrogen (secondary N) is 1. The van der Waals surface area contributed by atoms with Crippen LogP contribution in [0, 0.1) is 0 Å². The molecule has 0 heterocycles. The largest absolute Gasteiger partial charge is 0.449 e. The van der Waals surface area contributed by atoms with E-state index in [2.05, 4.69) is 5.32 Å². The summed E-state index contributed by atoms with van der Waals surface area (Å²) in [4.78, 5) is 50.4. The lowest BCUT2D eigenvalue weighted by atomic mass is 9.84. The monoisotopic (exact) mass is 467 g/mol. The first-order valence-electron chi connectivity index (χ1n) is 9.56. The number of ketones is 2. The van der Waals surface area contributed by atoms with E-state index < -0.39 is 18.0 Å². The molecule has 0 aromatic heterocycles. The molecule has 3 aromatic rings. The van der Waals surface area contributed by atoms with Crippen molar-refractivity contribution in [1.82, 2.24) is 0 Å². The van der Waals surface area contributed by atoms with Gasteiger partial charge >= 0.3 is 5.97 Å². The first kappa shape index (κ1) is 21.7. The van der Waals surface area contributed by atoms with Crippen molar-refractivity contribution < 1.29 is 23.9 Å². The minimum atomic E-state index is -1.16. The number of halogens is 2. The molecule has 1 N–H and O–H groups in total. The predicted molar refractivity (Wildman–Crippen MR) is 120 cm³/mol. The Morgan fingerprint density at radius 1 is 0.844 bits per heavy atom. The molecule has 0 saturated heterocycles. The lowest BCUT2D eigenvalue weighted by Crippen LogP contribution is -2.30. The molecule has 1 unspecified atom stereocenters. The van der Waals surface area contributed by atoms with Gasteiger partial charge in [0.05, 0.1) is 15.6 Å². The highest BCUT2D eigenvalue weighted by Crippen LogP contribution is 2.29. The standard InChI is InChI=1S/C24H15Cl2NO5/c1-12(32-24(31)17-7-4-8-19(25)20(17)26)23(30)27-13-9-10-16-18(11-13)22(29)15-6-3-2-5-14(15)21(16)28/h2-12H,1H3,(H,27,30). The van der Waals surface area contributed by atoms with Gasteiger partial charge in [-0.2, -0.15) is 0 Å². The Kier molecular flexibility index (Phi) is 5.82. The van der Waals surface area contributed by atoms with Crippen LogP contribution < -0.4 is 5.32 Å². The van der Waals surface area contributed by atoms with Crippen molar-refractivity contribution in [3.05, 3.63) is 98.5 Å². The molecule has 1 aliphatic rings. The van der Waals surface area contributed by atoms with Gasteiger partial charge in [0.15, 0.2) is 17.7 Å². The van der Waals surface area contributed by atoms with Crippen LogP contribution in [-0.4, -0.2) is 29.5 Å². The molecule has 8 heteroatoms. The van der Waals surface area contributed by atoms with Gasteiger partial charge in [0, 0.05) is 27.9 Å². The minimum Gasteiger partial charge on any atom is -0.449 e. The molecule has 1 amide bonds. The minimum absolute atomic E-state index is 0.0323. The topological polar surface area (TPSA) is 89.5 Å². The van der Waals surface area contributed by atoms with E-state index in [0.717, 1.165) is 0 Å². The summed E-state index contributed by atoms with van der Waals surface area (Å²) in [5.41, 5.74) is 1.45. The Hall–Kier alpha value is -3.48. The van der Waals surface area contributed by atoms with Gasteiger partial charge in [0.25, 0.3) is 5.91 Å². The van der Waals surface area contributed by atoms with Crippen LogP contribution in [0.2, 0.25) is 10.0 Å². The summed E-state index contributed by atoms with van der Waals surface area (Å²) in [5, 5.41) is 2.82. The van der Waals surface area contributed by atoms with E-state index in [9.17, 15) is 19.2 Å². The molecule has 0 bridgehead atoms. The third kappa shape index (κ3) is 3.90. The Labute approximate surface area is 193 Å². The van der Waals surface area contributed by atoms with E-state index in [1.54, 1.807) is 30.3 Å². The first-order chi connectivity index (χ1) is 15.3. The molecular formula is C24H15Cl2NO5. The first-order valence-corrected chi connectivity index (χ1v) is 10.3. The number of hydrogen-bond donors (Lipinski definition) is 1. The van der Waals surface area contributed by atoms with Crippen molar-refractivity contribution in [1.29, 1.82) is 0 Å². The number of rotatable bonds is 4. The van der Waals surface area contributed by atoms with Crippen molar-refractivity contribution in [3.63, 3.8) is 0 Å². The van der Waals surface area contributed by atoms with Gasteiger partial charge in [0.2, 0.25) is 0 Å². The molecule has 32 heavy (non-hydrogen) atoms. The van der Waals surface area contributed by atoms with E-state index in [0.29, 0.717) is 11.1 Å². The summed E-state index contributed by atoms with van der Waals surface area (Å²) in [6.07, 6.45) is -1.16. The molecule has 0 aliphatic heterocycles. The molecule has 1 atom stereocenters. The average molecular weight is 468 g/mol. The number of benzene rings is 3. The Bertz CT molecular complexity index is 1300. The zero-order chi connectivity index (χ0) is 23.0. The van der Waals surface area contributed by atoms with Gasteiger partial charge in [0.1, 0.15) is 0 Å². The number of hydrogen-bond acceptors (Lipinski definition) is 5. The molecule has 6 nitrogen and oxygen atoms in total. The molecule has 4 rings (SSSR count). The van der Waals surface area contributed by atoms with Crippen molar-refractivity contribution in [3.8, 4) is 0 Å². The van der Waals surface area contributed by atoms with E-state index >= 15 is 0 Å². The smallest absolute Gasteiger partial charge is 0.340 e. The lowest BCUT2D eigenvalue weighted by Gasteiger charge is -2.19. The normalized spacial score (nSPS) is 13.1. The summed E-state index contributed by atoms with van der Waals surface area (Å²) < 4.78 is 5.19. The Morgan fingerprint density at radius 2 is 1.47 bits per heavy atom. The van der Waals surface area contributed by atoms with Gasteiger partial charge in [-0.05, 0) is 37.3 Å². The van der Waals surface area contributed by atoms with Gasteiger partial charge in [-0.1, -0.05) is 53.5 Å². The van der Waals surface area contributed by atoms with Crippen LogP contribution in [0.4, 0.5) is 5.69 Å². The third-order valence-corrected chi connectivity index (χ3v) is 5.84. The lowest BCUT2D eigenvalue weighted by molar-refractivity contribution is -0.123. The molecule has 0 fully saturated rings. The average Bonchev–Trinajstić information content (AvgIpc) is 2.79. The SMILES string of the molecule is CC(OC(=O)c1cccc(Cl)c1Cl)C(=O)Nc1ccc2c(c1)C(=O)c1ccccc1C2=O. The maximum atomic E-state index is 12.8. The summed E-state index contributed by atoms with van der Waals surface area (Å²) in [6, 6.07) is 15.5. The second kappa shape index (κ2) is 8.57. The zero-order valence-corrected chi connectivity index (χ0v) is 18.2. The van der Waals surface area contributed by atoms with Crippen LogP contribution in [0.5, 0.6) is 0 Å². The number of ether oxygens (including phenoxy) is 1. The quantitative estimate of drug-likeness (QED) is 0.428. The van der Waals surface area contributed by atoms with Crippen LogP contribution in [-0.2, 0) is 9.53 Å². The summed E-state index contributed by atoms with van der Waals surface area (Å²) >= 11 is 11.9. The van der Waals surface area contributed by atoms with Gasteiger partial charge in [-0.15, -0.1) is 0 Å². The molecule has 0 saturated carbocycles. The Balaban J connectivity index is 1.50. The van der Waals surface area contributed by atoms with Crippen molar-refractivity contribution >= 4 is 52.3 Å². The number of esters is 1. The fourth-order valence-electron chi connectivity index (χ4n) is 3.36. The molecule has 0 spiro atoms. The number of anilines is 1. The number of amides is 1. The molecule has 3 aromatic carbocycles. The maximum Gasteiger partial charge on any atom is 0.340 e. The van der Waals surface area contributed by atoms with Crippen molar-refractivity contribution in [2.45, 2.75) is 13.0 Å². The zero-order valence-electron chi connectivity index (χ0n) is 16.6. The van der Waals surface area contributed by atoms with Crippen LogP contribution in [0.1, 0.15) is 49.1 Å². The molecular weight excluding hydrogens is 453 g/mol. The number of carbonyl (C=O) groups excluding carboxylic acids is 4. The highest BCUT2D eigenvalue weighted by molar-refractivity contribution is 6.43. The van der Waals surface area contributed by atoms with Crippen LogP contribution in [0.3, 0.4) is 0 Å². The highest BCUT2D eigenvalue weighted by Gasteiger charge is 2.30. The van der Waals surface area contributed by atoms with Crippen molar-refractivity contribution in [2.24, 2.45) is 0 Å². The van der Waals surface area contributed by atoms with Crippen LogP contribution in [0.25, 0.3) is 0 Å². The van der Waals surface area contributed by atoms with Crippen LogP contribution >= 0.6 is 23.2 Å². The highest BCUT2D eigenvalue weighted by atomic mass is 35.5. The van der Waals surface area contributed by atoms with E-state index in [1.807, 2.05) is 0 Å². The fraction of sp³-hybridized carbons (Fsp3) is 0.0833. The number of carbonyl (C=O) groups is 4. The van der Waals surface area contributed by atoms with E-state index in [4.69, 9.17) is 27.9 Å². The second-order valence-corrected chi connectivity index (χ2v) is 7.89. The van der Waals surface area contributed by atoms with Gasteiger partial charge < -0.3 is 10.1 Å². The van der Waals surface area contributed by atoms with Gasteiger partial charge in [-0.3, -0.25) is 14.4 Å². The predicted octanol–water partition coefficient (Wildman–Crippen LogP) is 4.95. The molecule has 0 radical (unpaired) electrons. The van der Waals surface area contributed by atoms with E-state index in [-0.39, 0.29) is 44.0 Å². The fourth-order valence-corrected chi connectivity index (χ4v) is 3.74. The molecule has 1 aliphatic carbocycles. The summed E-state index contributed by atoms with van der Waals surface area (Å²) in [5.74, 6) is -1.98. The van der Waals surface area contributed by atoms with Crippen LogP contribution in [0.15, 0.2) is 60.7 Å². The summed E-state index contributed by atoms with van der Waals surface area (Å²) in [6.45, 7) is 1.40. The Morgan fingerprint density at radius 3 is 2.16 bits per heavy atom.